The van der Waals surface area contributed by atoms with Crippen molar-refractivity contribution in [3.8, 4) is 0 Å². The van der Waals surface area contributed by atoms with E-state index in [4.69, 9.17) is 9.47 Å². The average Bonchev–Trinajstić information content (AvgIpc) is 2.40. The molecule has 0 bridgehead atoms. The highest BCUT2D eigenvalue weighted by Gasteiger charge is 2.23. The number of hydrogen-bond acceptors (Lipinski definition) is 6. The van der Waals surface area contributed by atoms with Gasteiger partial charge in [0.05, 0.1) is 12.6 Å². The third-order valence-electron chi connectivity index (χ3n) is 2.52. The third-order valence-corrected chi connectivity index (χ3v) is 2.52. The summed E-state index contributed by atoms with van der Waals surface area (Å²) in [4.78, 5) is 23.5. The summed E-state index contributed by atoms with van der Waals surface area (Å²) in [6, 6.07) is -0.291. The molecule has 0 aliphatic carbocycles. The molecule has 1 amide bonds. The Balaban J connectivity index is 4.72. The zero-order valence-electron chi connectivity index (χ0n) is 14.3. The first-order valence-electron chi connectivity index (χ1n) is 7.22. The highest BCUT2D eigenvalue weighted by molar-refractivity contribution is 5.87. The standard InChI is InChI=1S/C15H27N3O4/c1-8-12(13(19)21-9-2)18(16-7)11(3)10-17-14(20)22-15(4,5)6/h8,11H,7,9-10H2,1-6H3,(H,17,20)/b12-8-/t11-/m1/s1. The number of alkyl carbamates (subject to hydrolysis) is 1. The van der Waals surface area contributed by atoms with Crippen molar-refractivity contribution in [2.24, 2.45) is 5.10 Å². The SMILES string of the molecule is C=NN(/C(=C\C)C(=O)OCC)[C@H](C)CNC(=O)OC(C)(C)C. The molecule has 0 radical (unpaired) electrons. The second kappa shape index (κ2) is 9.07. The lowest BCUT2D eigenvalue weighted by molar-refractivity contribution is -0.140. The van der Waals surface area contributed by atoms with E-state index >= 15 is 0 Å². The number of nitrogens with one attached hydrogen (secondary N) is 1. The number of carbonyl (C=O) groups is 2. The molecule has 0 heterocycles. The number of hydrazone groups is 1. The number of hydrogen-bond donors (Lipinski definition) is 1. The maximum Gasteiger partial charge on any atom is 0.407 e. The van der Waals surface area contributed by atoms with Crippen LogP contribution >= 0.6 is 0 Å². The highest BCUT2D eigenvalue weighted by atomic mass is 16.6. The Kier molecular flexibility index (Phi) is 8.22. The molecular formula is C15H27N3O4. The van der Waals surface area contributed by atoms with Crippen LogP contribution in [0, 0.1) is 0 Å². The fourth-order valence-electron chi connectivity index (χ4n) is 1.63. The molecule has 0 unspecified atom stereocenters. The first-order valence-corrected chi connectivity index (χ1v) is 7.22. The molecule has 0 saturated heterocycles. The van der Waals surface area contributed by atoms with Gasteiger partial charge in [-0.15, -0.1) is 0 Å². The Labute approximate surface area is 132 Å². The molecule has 0 aromatic heterocycles. The lowest BCUT2D eigenvalue weighted by Crippen LogP contribution is -2.42. The monoisotopic (exact) mass is 313 g/mol. The Morgan fingerprint density at radius 2 is 2.00 bits per heavy atom. The number of amides is 1. The van der Waals surface area contributed by atoms with Gasteiger partial charge >= 0.3 is 12.1 Å². The van der Waals surface area contributed by atoms with Gasteiger partial charge in [0.1, 0.15) is 11.3 Å². The normalized spacial score (nSPS) is 13.1. The molecule has 0 aromatic carbocycles. The van der Waals surface area contributed by atoms with Crippen LogP contribution in [0.1, 0.15) is 41.5 Å². The van der Waals surface area contributed by atoms with Gasteiger partial charge in [-0.3, -0.25) is 5.01 Å². The zero-order chi connectivity index (χ0) is 17.3. The Hall–Kier alpha value is -2.05. The number of esters is 1. The van der Waals surface area contributed by atoms with E-state index in [9.17, 15) is 9.59 Å². The van der Waals surface area contributed by atoms with Gasteiger partial charge in [0.15, 0.2) is 0 Å². The predicted octanol–water partition coefficient (Wildman–Crippen LogP) is 2.28. The molecule has 0 fully saturated rings. The van der Waals surface area contributed by atoms with E-state index in [1.165, 1.54) is 5.01 Å². The lowest BCUT2D eigenvalue weighted by Gasteiger charge is -2.27. The van der Waals surface area contributed by atoms with Gasteiger partial charge in [-0.05, 0) is 41.5 Å². The zero-order valence-corrected chi connectivity index (χ0v) is 14.3. The Morgan fingerprint density at radius 3 is 2.41 bits per heavy atom. The summed E-state index contributed by atoms with van der Waals surface area (Å²) < 4.78 is 10.1. The van der Waals surface area contributed by atoms with Crippen LogP contribution in [0.3, 0.4) is 0 Å². The van der Waals surface area contributed by atoms with E-state index < -0.39 is 17.7 Å². The van der Waals surface area contributed by atoms with Gasteiger partial charge in [-0.25, -0.2) is 9.59 Å². The van der Waals surface area contributed by atoms with Crippen LogP contribution in [0.15, 0.2) is 16.9 Å². The van der Waals surface area contributed by atoms with Crippen LogP contribution in [0.25, 0.3) is 0 Å². The van der Waals surface area contributed by atoms with E-state index in [0.717, 1.165) is 0 Å². The second-order valence-electron chi connectivity index (χ2n) is 5.61. The smallest absolute Gasteiger partial charge is 0.407 e. The molecule has 7 heteroatoms. The molecular weight excluding hydrogens is 286 g/mol. The quantitative estimate of drug-likeness (QED) is 0.337. The van der Waals surface area contributed by atoms with Crippen molar-refractivity contribution in [1.29, 1.82) is 0 Å². The number of carbonyl (C=O) groups excluding carboxylic acids is 2. The minimum atomic E-state index is -0.566. The van der Waals surface area contributed by atoms with Gasteiger partial charge in [0.2, 0.25) is 0 Å². The van der Waals surface area contributed by atoms with Crippen molar-refractivity contribution in [3.05, 3.63) is 11.8 Å². The summed E-state index contributed by atoms with van der Waals surface area (Å²) in [7, 11) is 0. The number of ether oxygens (including phenoxy) is 2. The molecule has 0 aliphatic rings. The first kappa shape index (κ1) is 19.9. The van der Waals surface area contributed by atoms with Crippen LogP contribution in [0.4, 0.5) is 4.79 Å². The van der Waals surface area contributed by atoms with Crippen LogP contribution in [-0.4, -0.2) is 48.6 Å². The van der Waals surface area contributed by atoms with Gasteiger partial charge in [0.25, 0.3) is 0 Å². The van der Waals surface area contributed by atoms with Crippen molar-refractivity contribution in [2.75, 3.05) is 13.2 Å². The summed E-state index contributed by atoms with van der Waals surface area (Å²) in [6.45, 7) is 14.6. The molecule has 1 N–H and O–H groups in total. The van der Waals surface area contributed by atoms with E-state index in [2.05, 4.69) is 17.1 Å². The molecule has 0 saturated carbocycles. The van der Waals surface area contributed by atoms with Crippen LogP contribution in [0.5, 0.6) is 0 Å². The summed E-state index contributed by atoms with van der Waals surface area (Å²) in [5.74, 6) is -0.485. The summed E-state index contributed by atoms with van der Waals surface area (Å²) in [6.07, 6.45) is 1.07. The molecule has 1 atom stereocenters. The number of allylic oxidation sites excluding steroid dienone is 1. The predicted molar refractivity (Wildman–Crippen MR) is 85.5 cm³/mol. The van der Waals surface area contributed by atoms with Crippen molar-refractivity contribution in [1.82, 2.24) is 10.3 Å². The number of rotatable bonds is 7. The molecule has 0 rings (SSSR count). The molecule has 0 aromatic rings. The van der Waals surface area contributed by atoms with Crippen molar-refractivity contribution in [3.63, 3.8) is 0 Å². The topological polar surface area (TPSA) is 80.2 Å². The van der Waals surface area contributed by atoms with E-state index in [1.54, 1.807) is 47.6 Å². The fourth-order valence-corrected chi connectivity index (χ4v) is 1.63. The van der Waals surface area contributed by atoms with Gasteiger partial charge in [0, 0.05) is 13.3 Å². The average molecular weight is 313 g/mol. The fraction of sp³-hybridized carbons (Fsp3) is 0.667. The molecule has 7 nitrogen and oxygen atoms in total. The van der Waals surface area contributed by atoms with Crippen molar-refractivity contribution >= 4 is 18.8 Å². The maximum absolute atomic E-state index is 11.9. The minimum absolute atomic E-state index is 0.241. The van der Waals surface area contributed by atoms with Crippen molar-refractivity contribution in [2.45, 2.75) is 53.2 Å². The maximum atomic E-state index is 11.9. The molecule has 0 spiro atoms. The van der Waals surface area contributed by atoms with Gasteiger partial charge < -0.3 is 14.8 Å². The van der Waals surface area contributed by atoms with Gasteiger partial charge in [-0.1, -0.05) is 6.08 Å². The van der Waals surface area contributed by atoms with Crippen molar-refractivity contribution < 1.29 is 19.1 Å². The Morgan fingerprint density at radius 1 is 1.41 bits per heavy atom. The van der Waals surface area contributed by atoms with E-state index in [0.29, 0.717) is 0 Å². The summed E-state index contributed by atoms with van der Waals surface area (Å²) >= 11 is 0. The van der Waals surface area contributed by atoms with Crippen LogP contribution in [-0.2, 0) is 14.3 Å². The molecule has 22 heavy (non-hydrogen) atoms. The lowest BCUT2D eigenvalue weighted by atomic mass is 10.2. The van der Waals surface area contributed by atoms with E-state index in [1.807, 2.05) is 0 Å². The van der Waals surface area contributed by atoms with Crippen LogP contribution < -0.4 is 5.32 Å². The molecule has 126 valence electrons. The summed E-state index contributed by atoms with van der Waals surface area (Å²) in [5.41, 5.74) is -0.293. The largest absolute Gasteiger partial charge is 0.461 e. The Bertz CT molecular complexity index is 427. The first-order chi connectivity index (χ1) is 10.2. The summed E-state index contributed by atoms with van der Waals surface area (Å²) in [5, 5.41) is 7.88. The minimum Gasteiger partial charge on any atom is -0.461 e. The van der Waals surface area contributed by atoms with Gasteiger partial charge in [-0.2, -0.15) is 5.10 Å². The number of nitrogens with zero attached hydrogens (tertiary/aromatic N) is 2. The van der Waals surface area contributed by atoms with E-state index in [-0.39, 0.29) is 24.9 Å². The highest BCUT2D eigenvalue weighted by Crippen LogP contribution is 2.12. The van der Waals surface area contributed by atoms with Crippen LogP contribution in [0.2, 0.25) is 0 Å². The third kappa shape index (κ3) is 7.10. The molecule has 0 aliphatic heterocycles. The second-order valence-corrected chi connectivity index (χ2v) is 5.61.